The van der Waals surface area contributed by atoms with Gasteiger partial charge in [0.15, 0.2) is 10.4 Å². The molecule has 0 amide bonds. The van der Waals surface area contributed by atoms with E-state index in [0.29, 0.717) is 4.77 Å². The second kappa shape index (κ2) is 5.03. The molecule has 0 radical (unpaired) electrons. The van der Waals surface area contributed by atoms with E-state index >= 15 is 0 Å². The first-order valence-electron chi connectivity index (χ1n) is 6.02. The molecule has 3 rings (SSSR count). The molecule has 102 valence electrons. The van der Waals surface area contributed by atoms with Crippen molar-refractivity contribution in [2.45, 2.75) is 6.92 Å². The van der Waals surface area contributed by atoms with Crippen molar-refractivity contribution < 1.29 is 4.74 Å². The number of hydrogen-bond acceptors (Lipinski definition) is 3. The highest BCUT2D eigenvalue weighted by atomic mass is 79.9. The number of imidazole rings is 1. The molecule has 0 unspecified atom stereocenters. The second-order valence-electron chi connectivity index (χ2n) is 4.41. The van der Waals surface area contributed by atoms with Crippen molar-refractivity contribution in [3.05, 3.63) is 45.3 Å². The number of aryl methyl sites for hydroxylation is 1. The van der Waals surface area contributed by atoms with Gasteiger partial charge < -0.3 is 9.72 Å². The van der Waals surface area contributed by atoms with Crippen LogP contribution in [0.2, 0.25) is 0 Å². The number of aromatic nitrogens is 3. The average Bonchev–Trinajstić information content (AvgIpc) is 2.77. The van der Waals surface area contributed by atoms with Gasteiger partial charge in [0.1, 0.15) is 5.75 Å². The summed E-state index contributed by atoms with van der Waals surface area (Å²) in [6.07, 6.45) is 1.78. The van der Waals surface area contributed by atoms with Crippen LogP contribution in [0.4, 0.5) is 0 Å². The first-order chi connectivity index (χ1) is 9.61. The van der Waals surface area contributed by atoms with Crippen LogP contribution in [-0.4, -0.2) is 21.6 Å². The Balaban J connectivity index is 2.32. The van der Waals surface area contributed by atoms with E-state index in [1.807, 2.05) is 35.8 Å². The largest absolute Gasteiger partial charge is 0.495 e. The number of nitrogens with one attached hydrogen (secondary N) is 1. The van der Waals surface area contributed by atoms with Crippen LogP contribution < -0.4 is 4.74 Å². The minimum atomic E-state index is 0.617. The SMILES string of the molecule is COc1cc(-n2c(=S)[nH]c3c(C)ccnc32)ccc1Br. The van der Waals surface area contributed by atoms with E-state index in [-0.39, 0.29) is 0 Å². The van der Waals surface area contributed by atoms with Gasteiger partial charge in [-0.05, 0) is 58.8 Å². The third-order valence-corrected chi connectivity index (χ3v) is 4.12. The Morgan fingerprint density at radius 2 is 2.15 bits per heavy atom. The monoisotopic (exact) mass is 349 g/mol. The molecule has 0 aliphatic heterocycles. The molecule has 1 aromatic carbocycles. The van der Waals surface area contributed by atoms with Gasteiger partial charge in [0.05, 0.1) is 22.8 Å². The van der Waals surface area contributed by atoms with Crippen molar-refractivity contribution in [2.75, 3.05) is 7.11 Å². The Bertz CT molecular complexity index is 853. The predicted octanol–water partition coefficient (Wildman–Crippen LogP) is 4.16. The molecule has 1 N–H and O–H groups in total. The minimum Gasteiger partial charge on any atom is -0.495 e. The summed E-state index contributed by atoms with van der Waals surface area (Å²) in [4.78, 5) is 7.64. The lowest BCUT2D eigenvalue weighted by Crippen LogP contribution is -1.97. The molecule has 0 saturated heterocycles. The Morgan fingerprint density at radius 3 is 2.90 bits per heavy atom. The van der Waals surface area contributed by atoms with Gasteiger partial charge in [-0.15, -0.1) is 0 Å². The first-order valence-corrected chi connectivity index (χ1v) is 7.22. The van der Waals surface area contributed by atoms with Crippen LogP contribution in [0.15, 0.2) is 34.9 Å². The fourth-order valence-electron chi connectivity index (χ4n) is 2.15. The Labute approximate surface area is 129 Å². The summed E-state index contributed by atoms with van der Waals surface area (Å²) in [6.45, 7) is 2.03. The number of methoxy groups -OCH3 is 1. The molecule has 0 bridgehead atoms. The molecule has 2 aromatic heterocycles. The molecule has 2 heterocycles. The minimum absolute atomic E-state index is 0.617. The van der Waals surface area contributed by atoms with E-state index in [1.165, 1.54) is 0 Å². The van der Waals surface area contributed by atoms with Crippen LogP contribution in [0.1, 0.15) is 5.56 Å². The zero-order valence-corrected chi connectivity index (χ0v) is 13.4. The number of fused-ring (bicyclic) bond motifs is 1. The number of rotatable bonds is 2. The third-order valence-electron chi connectivity index (χ3n) is 3.18. The first kappa shape index (κ1) is 13.3. The van der Waals surface area contributed by atoms with Gasteiger partial charge in [-0.25, -0.2) is 4.98 Å². The molecule has 0 atom stereocenters. The Morgan fingerprint density at radius 1 is 1.35 bits per heavy atom. The lowest BCUT2D eigenvalue weighted by atomic mass is 10.2. The second-order valence-corrected chi connectivity index (χ2v) is 5.65. The van der Waals surface area contributed by atoms with Crippen molar-refractivity contribution in [1.82, 2.24) is 14.5 Å². The number of aromatic amines is 1. The van der Waals surface area contributed by atoms with Crippen LogP contribution >= 0.6 is 28.1 Å². The molecule has 0 spiro atoms. The summed E-state index contributed by atoms with van der Waals surface area (Å²) >= 11 is 8.87. The quantitative estimate of drug-likeness (QED) is 0.706. The van der Waals surface area contributed by atoms with Crippen molar-refractivity contribution in [2.24, 2.45) is 0 Å². The standard InChI is InChI=1S/C14H12BrN3OS/c1-8-5-6-16-13-12(8)17-14(20)18(13)9-3-4-10(15)11(7-9)19-2/h3-7H,1-2H3,(H,17,20). The van der Waals surface area contributed by atoms with Gasteiger partial charge >= 0.3 is 0 Å². The summed E-state index contributed by atoms with van der Waals surface area (Å²) in [7, 11) is 1.64. The average molecular weight is 350 g/mol. The number of hydrogen-bond donors (Lipinski definition) is 1. The number of H-pyrrole nitrogens is 1. The molecule has 20 heavy (non-hydrogen) atoms. The van der Waals surface area contributed by atoms with Gasteiger partial charge in [-0.1, -0.05) is 0 Å². The van der Waals surface area contributed by atoms with Gasteiger partial charge in [-0.3, -0.25) is 4.57 Å². The highest BCUT2D eigenvalue weighted by Crippen LogP contribution is 2.29. The third kappa shape index (κ3) is 2.05. The molecule has 0 aliphatic rings. The Hall–Kier alpha value is -1.66. The fourth-order valence-corrected chi connectivity index (χ4v) is 2.86. The summed E-state index contributed by atoms with van der Waals surface area (Å²) < 4.78 is 8.76. The summed E-state index contributed by atoms with van der Waals surface area (Å²) in [5.74, 6) is 0.756. The maximum Gasteiger partial charge on any atom is 0.184 e. The molecule has 3 aromatic rings. The van der Waals surface area contributed by atoms with Crippen molar-refractivity contribution >= 4 is 39.3 Å². The topological polar surface area (TPSA) is 42.8 Å². The molecule has 6 heteroatoms. The number of ether oxygens (including phenoxy) is 1. The summed E-state index contributed by atoms with van der Waals surface area (Å²) in [5, 5.41) is 0. The highest BCUT2D eigenvalue weighted by Gasteiger charge is 2.11. The van der Waals surface area contributed by atoms with E-state index in [0.717, 1.165) is 32.6 Å². The smallest absolute Gasteiger partial charge is 0.184 e. The van der Waals surface area contributed by atoms with E-state index in [4.69, 9.17) is 17.0 Å². The molecule has 0 aliphatic carbocycles. The van der Waals surface area contributed by atoms with Gasteiger partial charge in [-0.2, -0.15) is 0 Å². The normalized spacial score (nSPS) is 10.9. The highest BCUT2D eigenvalue weighted by molar-refractivity contribution is 9.10. The van der Waals surface area contributed by atoms with Crippen molar-refractivity contribution in [1.29, 1.82) is 0 Å². The summed E-state index contributed by atoms with van der Waals surface area (Å²) in [6, 6.07) is 7.79. The van der Waals surface area contributed by atoms with Crippen LogP contribution in [0.25, 0.3) is 16.9 Å². The van der Waals surface area contributed by atoms with Gasteiger partial charge in [0, 0.05) is 12.3 Å². The van der Waals surface area contributed by atoms with Crippen LogP contribution in [0.5, 0.6) is 5.75 Å². The van der Waals surface area contributed by atoms with E-state index in [2.05, 4.69) is 25.9 Å². The number of halogens is 1. The fraction of sp³-hybridized carbons (Fsp3) is 0.143. The lowest BCUT2D eigenvalue weighted by Gasteiger charge is -2.08. The molecule has 4 nitrogen and oxygen atoms in total. The molecular formula is C14H12BrN3OS. The van der Waals surface area contributed by atoms with Gasteiger partial charge in [0.25, 0.3) is 0 Å². The molecule has 0 saturated carbocycles. The van der Waals surface area contributed by atoms with E-state index in [1.54, 1.807) is 13.3 Å². The number of nitrogens with zero attached hydrogens (tertiary/aromatic N) is 2. The molecular weight excluding hydrogens is 338 g/mol. The van der Waals surface area contributed by atoms with Crippen LogP contribution in [-0.2, 0) is 0 Å². The van der Waals surface area contributed by atoms with Crippen LogP contribution in [0, 0.1) is 11.7 Å². The predicted molar refractivity (Wildman–Crippen MR) is 85.2 cm³/mol. The maximum atomic E-state index is 5.42. The van der Waals surface area contributed by atoms with E-state index in [9.17, 15) is 0 Å². The molecule has 0 fully saturated rings. The van der Waals surface area contributed by atoms with Gasteiger partial charge in [0.2, 0.25) is 0 Å². The Kier molecular flexibility index (Phi) is 3.35. The summed E-state index contributed by atoms with van der Waals surface area (Å²) in [5.41, 5.74) is 3.81. The maximum absolute atomic E-state index is 5.42. The number of benzene rings is 1. The van der Waals surface area contributed by atoms with Crippen LogP contribution in [0.3, 0.4) is 0 Å². The van der Waals surface area contributed by atoms with Crippen molar-refractivity contribution in [3.8, 4) is 11.4 Å². The zero-order chi connectivity index (χ0) is 14.3. The zero-order valence-electron chi connectivity index (χ0n) is 11.0. The van der Waals surface area contributed by atoms with Crippen molar-refractivity contribution in [3.63, 3.8) is 0 Å². The number of pyridine rings is 1. The van der Waals surface area contributed by atoms with E-state index < -0.39 is 0 Å². The lowest BCUT2D eigenvalue weighted by molar-refractivity contribution is 0.412.